The first kappa shape index (κ1) is 22.3. The molecule has 0 radical (unpaired) electrons. The van der Waals surface area contributed by atoms with Crippen molar-refractivity contribution in [1.82, 2.24) is 9.55 Å². The molecule has 2 N–H and O–H groups in total. The van der Waals surface area contributed by atoms with Crippen molar-refractivity contribution in [3.63, 3.8) is 0 Å². The fourth-order valence-electron chi connectivity index (χ4n) is 2.87. The van der Waals surface area contributed by atoms with Crippen molar-refractivity contribution >= 4 is 35.0 Å². The first-order chi connectivity index (χ1) is 14.7. The standard InChI is InChI=1S/C22H22ClFN4O3/c1-13(2)31-19-9-8-17(10-18(19)24)26-22-27-21(30)11-20(25-14(3)29)28(22)12-15-4-6-16(23)7-5-15/h4-11,13H,12H2,1-3H3,(H,25,29)(H,26,27,30). The zero-order valence-electron chi connectivity index (χ0n) is 17.3. The van der Waals surface area contributed by atoms with Crippen LogP contribution >= 0.6 is 11.6 Å². The lowest BCUT2D eigenvalue weighted by Crippen LogP contribution is -2.22. The number of nitrogens with zero attached hydrogens (tertiary/aromatic N) is 2. The smallest absolute Gasteiger partial charge is 0.276 e. The number of amides is 1. The van der Waals surface area contributed by atoms with Crippen LogP contribution in [0.1, 0.15) is 26.3 Å². The van der Waals surface area contributed by atoms with Crippen LogP contribution in [0.5, 0.6) is 5.75 Å². The Labute approximate surface area is 183 Å². The molecule has 0 unspecified atom stereocenters. The van der Waals surface area contributed by atoms with E-state index in [1.165, 1.54) is 25.1 Å². The Bertz CT molecular complexity index is 1150. The molecule has 0 aliphatic carbocycles. The Kier molecular flexibility index (Phi) is 6.91. The number of benzene rings is 2. The SMILES string of the molecule is CC(=O)Nc1cc(=O)nc(Nc2ccc(OC(C)C)c(F)c2)n1Cc1ccc(Cl)cc1. The lowest BCUT2D eigenvalue weighted by Gasteiger charge is -2.19. The topological polar surface area (TPSA) is 85.2 Å². The molecule has 31 heavy (non-hydrogen) atoms. The predicted molar refractivity (Wildman–Crippen MR) is 119 cm³/mol. The molecule has 0 atom stereocenters. The van der Waals surface area contributed by atoms with Gasteiger partial charge in [0, 0.05) is 29.8 Å². The normalized spacial score (nSPS) is 10.8. The average molecular weight is 445 g/mol. The summed E-state index contributed by atoms with van der Waals surface area (Å²) in [7, 11) is 0. The molecule has 9 heteroatoms. The maximum atomic E-state index is 14.4. The third kappa shape index (κ3) is 6.05. The molecule has 2 aromatic carbocycles. The van der Waals surface area contributed by atoms with E-state index in [4.69, 9.17) is 16.3 Å². The zero-order chi connectivity index (χ0) is 22.5. The van der Waals surface area contributed by atoms with E-state index in [1.54, 1.807) is 36.6 Å². The third-order valence-corrected chi connectivity index (χ3v) is 4.38. The van der Waals surface area contributed by atoms with Crippen molar-refractivity contribution in [3.8, 4) is 5.75 Å². The molecule has 0 aliphatic heterocycles. The van der Waals surface area contributed by atoms with Crippen LogP contribution in [0.15, 0.2) is 53.3 Å². The lowest BCUT2D eigenvalue weighted by atomic mass is 10.2. The molecule has 7 nitrogen and oxygen atoms in total. The molecule has 1 heterocycles. The minimum atomic E-state index is -0.557. The lowest BCUT2D eigenvalue weighted by molar-refractivity contribution is -0.114. The third-order valence-electron chi connectivity index (χ3n) is 4.13. The quantitative estimate of drug-likeness (QED) is 0.557. The van der Waals surface area contributed by atoms with Crippen LogP contribution in [0.2, 0.25) is 5.02 Å². The second kappa shape index (κ2) is 9.61. The summed E-state index contributed by atoms with van der Waals surface area (Å²) in [6.07, 6.45) is -0.172. The van der Waals surface area contributed by atoms with E-state index in [0.717, 1.165) is 5.56 Å². The Hall–Kier alpha value is -3.39. The molecular formula is C22H22ClFN4O3. The molecule has 3 aromatic rings. The van der Waals surface area contributed by atoms with Crippen LogP contribution in [-0.4, -0.2) is 21.6 Å². The van der Waals surface area contributed by atoms with Crippen molar-refractivity contribution < 1.29 is 13.9 Å². The van der Waals surface area contributed by atoms with E-state index in [9.17, 15) is 14.0 Å². The minimum absolute atomic E-state index is 0.124. The first-order valence-electron chi connectivity index (χ1n) is 9.58. The van der Waals surface area contributed by atoms with Gasteiger partial charge in [0.1, 0.15) is 5.82 Å². The zero-order valence-corrected chi connectivity index (χ0v) is 18.0. The van der Waals surface area contributed by atoms with Gasteiger partial charge in [-0.15, -0.1) is 0 Å². The molecule has 162 valence electrons. The summed E-state index contributed by atoms with van der Waals surface area (Å²) in [5.74, 6) is -0.377. The van der Waals surface area contributed by atoms with Crippen molar-refractivity contribution in [2.24, 2.45) is 0 Å². The molecule has 0 aliphatic rings. The van der Waals surface area contributed by atoms with E-state index in [2.05, 4.69) is 15.6 Å². The van der Waals surface area contributed by atoms with Crippen LogP contribution in [0.4, 0.5) is 21.8 Å². The number of carbonyl (C=O) groups excluding carboxylic acids is 1. The minimum Gasteiger partial charge on any atom is -0.488 e. The van der Waals surface area contributed by atoms with Crippen molar-refractivity contribution in [2.45, 2.75) is 33.4 Å². The highest BCUT2D eigenvalue weighted by Gasteiger charge is 2.14. The predicted octanol–water partition coefficient (Wildman–Crippen LogP) is 4.57. The molecule has 1 amide bonds. The highest BCUT2D eigenvalue weighted by atomic mass is 35.5. The molecule has 0 bridgehead atoms. The molecule has 0 saturated heterocycles. The average Bonchev–Trinajstić information content (AvgIpc) is 2.67. The van der Waals surface area contributed by atoms with Crippen molar-refractivity contribution in [2.75, 3.05) is 10.6 Å². The highest BCUT2D eigenvalue weighted by Crippen LogP contribution is 2.25. The Morgan fingerprint density at radius 2 is 1.90 bits per heavy atom. The van der Waals surface area contributed by atoms with Gasteiger partial charge < -0.3 is 15.4 Å². The number of nitrogens with one attached hydrogen (secondary N) is 2. The number of anilines is 3. The van der Waals surface area contributed by atoms with Crippen molar-refractivity contribution in [1.29, 1.82) is 0 Å². The molecule has 1 aromatic heterocycles. The first-order valence-corrected chi connectivity index (χ1v) is 9.96. The van der Waals surface area contributed by atoms with E-state index >= 15 is 0 Å². The summed E-state index contributed by atoms with van der Waals surface area (Å²) < 4.78 is 21.4. The molecule has 0 fully saturated rings. The van der Waals surface area contributed by atoms with Gasteiger partial charge in [-0.25, -0.2) is 4.39 Å². The second-order valence-corrected chi connectivity index (χ2v) is 7.57. The summed E-state index contributed by atoms with van der Waals surface area (Å²) in [4.78, 5) is 27.8. The Morgan fingerprint density at radius 1 is 1.19 bits per heavy atom. The number of ether oxygens (including phenoxy) is 1. The van der Waals surface area contributed by atoms with Gasteiger partial charge in [0.2, 0.25) is 11.9 Å². The number of rotatable bonds is 7. The summed E-state index contributed by atoms with van der Waals surface area (Å²) in [6, 6.07) is 12.7. The number of hydrogen-bond donors (Lipinski definition) is 2. The van der Waals surface area contributed by atoms with Gasteiger partial charge in [-0.1, -0.05) is 23.7 Å². The second-order valence-electron chi connectivity index (χ2n) is 7.13. The number of aromatic nitrogens is 2. The van der Waals surface area contributed by atoms with Crippen LogP contribution in [0, 0.1) is 5.82 Å². The molecule has 0 spiro atoms. The van der Waals surface area contributed by atoms with Crippen LogP contribution < -0.4 is 20.9 Å². The molecule has 3 rings (SSSR count). The van der Waals surface area contributed by atoms with Gasteiger partial charge in [-0.3, -0.25) is 14.2 Å². The van der Waals surface area contributed by atoms with Gasteiger partial charge in [-0.05, 0) is 43.7 Å². The van der Waals surface area contributed by atoms with Crippen molar-refractivity contribution in [3.05, 3.63) is 75.3 Å². The van der Waals surface area contributed by atoms with E-state index in [-0.39, 0.29) is 36.1 Å². The monoisotopic (exact) mass is 444 g/mol. The van der Waals surface area contributed by atoms with E-state index in [0.29, 0.717) is 10.7 Å². The van der Waals surface area contributed by atoms with Crippen LogP contribution in [0.3, 0.4) is 0 Å². The highest BCUT2D eigenvalue weighted by molar-refractivity contribution is 6.30. The Morgan fingerprint density at radius 3 is 2.52 bits per heavy atom. The maximum absolute atomic E-state index is 14.4. The number of halogens is 2. The van der Waals surface area contributed by atoms with E-state index < -0.39 is 11.4 Å². The summed E-state index contributed by atoms with van der Waals surface area (Å²) in [5, 5.41) is 6.18. The molecule has 0 saturated carbocycles. The maximum Gasteiger partial charge on any atom is 0.276 e. The number of hydrogen-bond acceptors (Lipinski definition) is 5. The van der Waals surface area contributed by atoms with Gasteiger partial charge in [0.05, 0.1) is 12.6 Å². The van der Waals surface area contributed by atoms with E-state index in [1.807, 2.05) is 12.1 Å². The van der Waals surface area contributed by atoms with Gasteiger partial charge in [0.25, 0.3) is 5.56 Å². The van der Waals surface area contributed by atoms with Crippen LogP contribution in [0.25, 0.3) is 0 Å². The largest absolute Gasteiger partial charge is 0.488 e. The fourth-order valence-corrected chi connectivity index (χ4v) is 3.00. The van der Waals surface area contributed by atoms with Gasteiger partial charge in [-0.2, -0.15) is 4.98 Å². The van der Waals surface area contributed by atoms with Gasteiger partial charge >= 0.3 is 0 Å². The number of carbonyl (C=O) groups is 1. The molecular weight excluding hydrogens is 423 g/mol. The Balaban J connectivity index is 2.01. The summed E-state index contributed by atoms with van der Waals surface area (Å²) in [5.41, 5.74) is 0.667. The van der Waals surface area contributed by atoms with Gasteiger partial charge in [0.15, 0.2) is 11.6 Å². The fraction of sp³-hybridized carbons (Fsp3) is 0.227. The summed E-state index contributed by atoms with van der Waals surface area (Å²) >= 11 is 5.96. The summed E-state index contributed by atoms with van der Waals surface area (Å²) in [6.45, 7) is 5.23. The van der Waals surface area contributed by atoms with Crippen LogP contribution in [-0.2, 0) is 11.3 Å².